The molecule has 1 aromatic carbocycles. The highest BCUT2D eigenvalue weighted by Gasteiger charge is 2.34. The molecule has 0 radical (unpaired) electrons. The van der Waals surface area contributed by atoms with Crippen molar-refractivity contribution in [2.75, 3.05) is 11.9 Å². The number of nitrogens with zero attached hydrogens (tertiary/aromatic N) is 4. The third kappa shape index (κ3) is 3.71. The Labute approximate surface area is 152 Å². The topological polar surface area (TPSA) is 86.8 Å². The summed E-state index contributed by atoms with van der Waals surface area (Å²) in [4.78, 5) is 4.74. The summed E-state index contributed by atoms with van der Waals surface area (Å²) < 4.78 is 28.9. The number of thiophene rings is 1. The van der Waals surface area contributed by atoms with E-state index in [1.807, 2.05) is 6.92 Å². The Hall–Kier alpha value is -2.83. The van der Waals surface area contributed by atoms with Crippen LogP contribution in [-0.4, -0.2) is 26.4 Å². The van der Waals surface area contributed by atoms with E-state index in [0.29, 0.717) is 10.6 Å². The second kappa shape index (κ2) is 7.19. The van der Waals surface area contributed by atoms with Crippen molar-refractivity contribution in [3.8, 4) is 6.07 Å². The van der Waals surface area contributed by atoms with Crippen LogP contribution in [0.2, 0.25) is 0 Å². The molecule has 0 saturated heterocycles. The predicted molar refractivity (Wildman–Crippen MR) is 92.5 cm³/mol. The molecule has 0 saturated carbocycles. The second-order valence-corrected chi connectivity index (χ2v) is 7.07. The molecule has 0 fully saturated rings. The summed E-state index contributed by atoms with van der Waals surface area (Å²) in [6, 6.07) is 6.80. The Morgan fingerprint density at radius 3 is 2.85 bits per heavy atom. The lowest BCUT2D eigenvalue weighted by molar-refractivity contribution is 0.0248. The van der Waals surface area contributed by atoms with Gasteiger partial charge in [0.05, 0.1) is 18.7 Å². The molecule has 3 aromatic rings. The molecule has 0 unspecified atom stereocenters. The molecule has 0 bridgehead atoms. The normalized spacial score (nSPS) is 13.2. The van der Waals surface area contributed by atoms with Crippen LogP contribution in [0, 0.1) is 29.9 Å². The zero-order valence-electron chi connectivity index (χ0n) is 13.8. The van der Waals surface area contributed by atoms with E-state index in [2.05, 4.69) is 21.5 Å². The van der Waals surface area contributed by atoms with Crippen LogP contribution in [0.3, 0.4) is 0 Å². The van der Waals surface area contributed by atoms with Gasteiger partial charge in [-0.1, -0.05) is 6.07 Å². The van der Waals surface area contributed by atoms with Gasteiger partial charge in [-0.3, -0.25) is 0 Å². The average molecular weight is 375 g/mol. The first-order chi connectivity index (χ1) is 12.4. The summed E-state index contributed by atoms with van der Waals surface area (Å²) in [5, 5.41) is 27.9. The van der Waals surface area contributed by atoms with E-state index in [0.717, 1.165) is 17.0 Å². The summed E-state index contributed by atoms with van der Waals surface area (Å²) in [5.74, 6) is -1.60. The van der Waals surface area contributed by atoms with Crippen molar-refractivity contribution in [2.45, 2.75) is 19.1 Å². The summed E-state index contributed by atoms with van der Waals surface area (Å²) in [7, 11) is 0. The van der Waals surface area contributed by atoms with E-state index in [-0.39, 0.29) is 18.7 Å². The van der Waals surface area contributed by atoms with Crippen molar-refractivity contribution < 1.29 is 13.9 Å². The van der Waals surface area contributed by atoms with E-state index >= 15 is 0 Å². The molecule has 0 amide bonds. The first kappa shape index (κ1) is 18.0. The Morgan fingerprint density at radius 2 is 2.19 bits per heavy atom. The van der Waals surface area contributed by atoms with E-state index < -0.39 is 17.2 Å². The molecule has 26 heavy (non-hydrogen) atoms. The van der Waals surface area contributed by atoms with Crippen molar-refractivity contribution in [3.05, 3.63) is 64.6 Å². The van der Waals surface area contributed by atoms with Crippen LogP contribution in [0.4, 0.5) is 13.8 Å². The number of nitrogens with one attached hydrogen (secondary N) is 1. The van der Waals surface area contributed by atoms with E-state index in [9.17, 15) is 19.1 Å². The fraction of sp³-hybridized carbons (Fsp3) is 0.235. The number of hydrogen-bond acceptors (Lipinski definition) is 6. The molecule has 0 aliphatic heterocycles. The number of rotatable bonds is 6. The minimum atomic E-state index is -1.74. The lowest BCUT2D eigenvalue weighted by Crippen LogP contribution is -2.39. The third-order valence-corrected chi connectivity index (χ3v) is 4.85. The first-order valence-electron chi connectivity index (χ1n) is 7.66. The zero-order valence-corrected chi connectivity index (χ0v) is 14.6. The van der Waals surface area contributed by atoms with Crippen molar-refractivity contribution in [1.29, 1.82) is 5.26 Å². The van der Waals surface area contributed by atoms with Gasteiger partial charge in [0.2, 0.25) is 0 Å². The monoisotopic (exact) mass is 375 g/mol. The van der Waals surface area contributed by atoms with Gasteiger partial charge < -0.3 is 10.4 Å². The Kier molecular flexibility index (Phi) is 4.97. The molecule has 9 heteroatoms. The van der Waals surface area contributed by atoms with Gasteiger partial charge in [0.15, 0.2) is 0 Å². The van der Waals surface area contributed by atoms with Crippen molar-refractivity contribution in [1.82, 2.24) is 14.8 Å². The number of aromatic nitrogens is 3. The van der Waals surface area contributed by atoms with Crippen molar-refractivity contribution >= 4 is 16.3 Å². The number of anilines is 1. The Bertz CT molecular complexity index is 951. The lowest BCUT2D eigenvalue weighted by Gasteiger charge is -2.29. The summed E-state index contributed by atoms with van der Waals surface area (Å²) in [6.45, 7) is 1.65. The molecule has 6 nitrogen and oxygen atoms in total. The highest BCUT2D eigenvalue weighted by molar-refractivity contribution is 7.16. The van der Waals surface area contributed by atoms with Crippen LogP contribution in [-0.2, 0) is 12.1 Å². The van der Waals surface area contributed by atoms with E-state index in [4.69, 9.17) is 0 Å². The molecule has 2 N–H and O–H groups in total. The van der Waals surface area contributed by atoms with Gasteiger partial charge in [-0.2, -0.15) is 10.4 Å². The first-order valence-corrected chi connectivity index (χ1v) is 8.47. The summed E-state index contributed by atoms with van der Waals surface area (Å²) in [5.41, 5.74) is -1.38. The van der Waals surface area contributed by atoms with Gasteiger partial charge in [-0.25, -0.2) is 18.4 Å². The van der Waals surface area contributed by atoms with Crippen LogP contribution >= 0.6 is 11.3 Å². The van der Waals surface area contributed by atoms with Gasteiger partial charge in [0.25, 0.3) is 0 Å². The van der Waals surface area contributed by atoms with Gasteiger partial charge in [0.1, 0.15) is 41.0 Å². The molecular formula is C17H15F2N5OS. The average Bonchev–Trinajstić information content (AvgIpc) is 3.21. The lowest BCUT2D eigenvalue weighted by atomic mass is 9.93. The van der Waals surface area contributed by atoms with Crippen LogP contribution in [0.25, 0.3) is 0 Å². The van der Waals surface area contributed by atoms with Crippen LogP contribution < -0.4 is 5.32 Å². The maximum absolute atomic E-state index is 14.3. The number of hydrogen-bond donors (Lipinski definition) is 2. The fourth-order valence-corrected chi connectivity index (χ4v) is 3.50. The largest absolute Gasteiger partial charge is 0.381 e. The Balaban J connectivity index is 1.93. The molecule has 2 heterocycles. The van der Waals surface area contributed by atoms with Gasteiger partial charge in [-0.15, -0.1) is 11.3 Å². The van der Waals surface area contributed by atoms with Gasteiger partial charge >= 0.3 is 0 Å². The Morgan fingerprint density at radius 1 is 1.38 bits per heavy atom. The van der Waals surface area contributed by atoms with Gasteiger partial charge in [0, 0.05) is 16.5 Å². The van der Waals surface area contributed by atoms with Gasteiger partial charge in [-0.05, 0) is 19.1 Å². The quantitative estimate of drug-likeness (QED) is 0.692. The second-order valence-electron chi connectivity index (χ2n) is 5.81. The summed E-state index contributed by atoms with van der Waals surface area (Å²) in [6.07, 6.45) is 2.69. The molecule has 2 aromatic heterocycles. The minimum Gasteiger partial charge on any atom is -0.381 e. The standard InChI is InChI=1S/C17H15F2N5OS/c1-11-4-12(6-20)16(26-11)22-7-17(25,8-24-10-21-9-23-24)14-3-2-13(18)5-15(14)19/h2-5,9-10,22,25H,7-8H2,1H3/t17-/m1/s1. The highest BCUT2D eigenvalue weighted by Crippen LogP contribution is 2.31. The van der Waals surface area contributed by atoms with Crippen LogP contribution in [0.1, 0.15) is 16.0 Å². The number of aliphatic hydroxyl groups is 1. The molecule has 134 valence electrons. The maximum atomic E-state index is 14.3. The smallest absolute Gasteiger partial charge is 0.137 e. The molecule has 0 aliphatic carbocycles. The SMILES string of the molecule is Cc1cc(C#N)c(NC[C@@](O)(Cn2cncn2)c2ccc(F)cc2F)s1. The zero-order chi connectivity index (χ0) is 18.7. The van der Waals surface area contributed by atoms with Crippen LogP contribution in [0.5, 0.6) is 0 Å². The molecule has 3 rings (SSSR count). The van der Waals surface area contributed by atoms with Crippen molar-refractivity contribution in [2.24, 2.45) is 0 Å². The molecule has 0 spiro atoms. The summed E-state index contributed by atoms with van der Waals surface area (Å²) >= 11 is 1.36. The van der Waals surface area contributed by atoms with E-state index in [1.165, 1.54) is 34.7 Å². The van der Waals surface area contributed by atoms with Crippen molar-refractivity contribution in [3.63, 3.8) is 0 Å². The predicted octanol–water partition coefficient (Wildman–Crippen LogP) is 2.80. The number of benzene rings is 1. The maximum Gasteiger partial charge on any atom is 0.137 e. The highest BCUT2D eigenvalue weighted by atomic mass is 32.1. The molecule has 1 atom stereocenters. The van der Waals surface area contributed by atoms with Crippen LogP contribution in [0.15, 0.2) is 36.9 Å². The fourth-order valence-electron chi connectivity index (χ4n) is 2.64. The van der Waals surface area contributed by atoms with E-state index in [1.54, 1.807) is 6.07 Å². The number of nitriles is 1. The molecular weight excluding hydrogens is 360 g/mol. The third-order valence-electron chi connectivity index (χ3n) is 3.84. The minimum absolute atomic E-state index is 0.0753. The number of halogens is 2. The molecule has 0 aliphatic rings. The number of aryl methyl sites for hydroxylation is 1.